The van der Waals surface area contributed by atoms with Crippen molar-refractivity contribution in [3.05, 3.63) is 71.9 Å². The molecule has 0 spiro atoms. The summed E-state index contributed by atoms with van der Waals surface area (Å²) < 4.78 is 0. The third-order valence-electron chi connectivity index (χ3n) is 6.88. The monoisotopic (exact) mass is 611 g/mol. The highest BCUT2D eigenvalue weighted by atomic mass is 32.2. The molecule has 0 bridgehead atoms. The smallest absolute Gasteiger partial charge is 0.326 e. The Labute approximate surface area is 253 Å². The van der Waals surface area contributed by atoms with Crippen molar-refractivity contribution in [3.8, 4) is 0 Å². The minimum absolute atomic E-state index is 0.0503. The second-order valence-corrected chi connectivity index (χ2v) is 11.1. The van der Waals surface area contributed by atoms with Crippen LogP contribution in [0.1, 0.15) is 30.4 Å². The van der Waals surface area contributed by atoms with Crippen molar-refractivity contribution in [1.29, 1.82) is 0 Å². The Bertz CT molecular complexity index is 1410. The van der Waals surface area contributed by atoms with Crippen molar-refractivity contribution in [2.24, 2.45) is 5.73 Å². The number of aromatic amines is 1. The molecule has 0 saturated carbocycles. The van der Waals surface area contributed by atoms with Crippen LogP contribution in [0.4, 0.5) is 0 Å². The highest BCUT2D eigenvalue weighted by Crippen LogP contribution is 2.19. The van der Waals surface area contributed by atoms with Crippen molar-refractivity contribution in [2.45, 2.75) is 56.3 Å². The molecule has 12 nitrogen and oxygen atoms in total. The summed E-state index contributed by atoms with van der Waals surface area (Å²) in [6.45, 7) is 0. The normalized spacial score (nSPS) is 13.8. The molecule has 3 rings (SSSR count). The molecule has 0 aliphatic carbocycles. The van der Waals surface area contributed by atoms with Gasteiger partial charge in [-0.3, -0.25) is 19.2 Å². The number of rotatable bonds is 17. The van der Waals surface area contributed by atoms with Gasteiger partial charge in [0.15, 0.2) is 0 Å². The molecular weight excluding hydrogens is 574 g/mol. The molecule has 3 aromatic rings. The van der Waals surface area contributed by atoms with Gasteiger partial charge >= 0.3 is 11.9 Å². The number of carboxylic acids is 2. The SMILES string of the molecule is CSCCC(N)C(=O)NC(Cc1ccccc1)C(=O)NC(CCC(=O)O)C(=O)NC(Cc1c[nH]c2ccccc12)C(=O)O. The van der Waals surface area contributed by atoms with Gasteiger partial charge in [-0.1, -0.05) is 48.5 Å². The molecule has 43 heavy (non-hydrogen) atoms. The number of carboxylic acid groups (broad SMARTS) is 2. The van der Waals surface area contributed by atoms with Crippen molar-refractivity contribution < 1.29 is 34.2 Å². The zero-order valence-corrected chi connectivity index (χ0v) is 24.6. The molecule has 13 heteroatoms. The van der Waals surface area contributed by atoms with E-state index in [1.165, 1.54) is 11.8 Å². The number of hydrogen-bond donors (Lipinski definition) is 7. The maximum atomic E-state index is 13.5. The van der Waals surface area contributed by atoms with Gasteiger partial charge in [-0.2, -0.15) is 11.8 Å². The molecular formula is C30H37N5O7S. The molecule has 3 amide bonds. The van der Waals surface area contributed by atoms with E-state index in [-0.39, 0.29) is 19.3 Å². The first kappa shape index (κ1) is 33.1. The number of fused-ring (bicyclic) bond motifs is 1. The Balaban J connectivity index is 1.78. The fraction of sp³-hybridized carbons (Fsp3) is 0.367. The predicted octanol–water partition coefficient (Wildman–Crippen LogP) is 1.44. The van der Waals surface area contributed by atoms with Crippen LogP contribution in [0.5, 0.6) is 0 Å². The van der Waals surface area contributed by atoms with Gasteiger partial charge in [-0.05, 0) is 42.0 Å². The first-order chi connectivity index (χ1) is 20.6. The summed E-state index contributed by atoms with van der Waals surface area (Å²) >= 11 is 1.53. The molecule has 0 aliphatic rings. The topological polar surface area (TPSA) is 204 Å². The van der Waals surface area contributed by atoms with Gasteiger partial charge in [0.2, 0.25) is 17.7 Å². The average Bonchev–Trinajstić information content (AvgIpc) is 3.40. The van der Waals surface area contributed by atoms with Crippen LogP contribution >= 0.6 is 11.8 Å². The van der Waals surface area contributed by atoms with Gasteiger partial charge in [0.1, 0.15) is 18.1 Å². The third-order valence-corrected chi connectivity index (χ3v) is 7.52. The first-order valence-corrected chi connectivity index (χ1v) is 15.2. The molecule has 0 radical (unpaired) electrons. The Hall–Kier alpha value is -4.36. The predicted molar refractivity (Wildman–Crippen MR) is 163 cm³/mol. The van der Waals surface area contributed by atoms with Crippen LogP contribution in [0.25, 0.3) is 10.9 Å². The highest BCUT2D eigenvalue weighted by molar-refractivity contribution is 7.98. The Morgan fingerprint density at radius 2 is 1.44 bits per heavy atom. The summed E-state index contributed by atoms with van der Waals surface area (Å²) in [5.74, 6) is -3.98. The van der Waals surface area contributed by atoms with Crippen LogP contribution in [-0.4, -0.2) is 81.0 Å². The standard InChI is InChI=1S/C30H37N5O7S/c1-43-14-13-21(31)27(38)34-24(15-18-7-3-2-4-8-18)29(40)33-23(11-12-26(36)37)28(39)35-25(30(41)42)16-19-17-32-22-10-6-5-9-20(19)22/h2-10,17,21,23-25,32H,11-16,31H2,1H3,(H,33,40)(H,34,38)(H,35,39)(H,36,37)(H,41,42). The number of aliphatic carboxylic acids is 2. The number of carbonyl (C=O) groups is 5. The summed E-state index contributed by atoms with van der Waals surface area (Å²) in [6.07, 6.45) is 3.21. The number of nitrogens with one attached hydrogen (secondary N) is 4. The van der Waals surface area contributed by atoms with Crippen molar-refractivity contribution in [1.82, 2.24) is 20.9 Å². The zero-order valence-electron chi connectivity index (χ0n) is 23.7. The summed E-state index contributed by atoms with van der Waals surface area (Å²) in [4.78, 5) is 66.1. The lowest BCUT2D eigenvalue weighted by Crippen LogP contribution is -2.57. The van der Waals surface area contributed by atoms with Crippen LogP contribution in [0.3, 0.4) is 0 Å². The number of para-hydroxylation sites is 1. The van der Waals surface area contributed by atoms with E-state index in [9.17, 15) is 34.2 Å². The summed E-state index contributed by atoms with van der Waals surface area (Å²) in [6, 6.07) is 11.5. The molecule has 230 valence electrons. The van der Waals surface area contributed by atoms with Crippen molar-refractivity contribution >= 4 is 52.3 Å². The van der Waals surface area contributed by atoms with E-state index in [0.29, 0.717) is 17.7 Å². The van der Waals surface area contributed by atoms with Gasteiger partial charge in [0.05, 0.1) is 6.04 Å². The largest absolute Gasteiger partial charge is 0.481 e. The fourth-order valence-corrected chi connectivity index (χ4v) is 5.01. The molecule has 4 unspecified atom stereocenters. The van der Waals surface area contributed by atoms with E-state index < -0.39 is 60.2 Å². The minimum atomic E-state index is -1.38. The minimum Gasteiger partial charge on any atom is -0.481 e. The number of benzene rings is 2. The van der Waals surface area contributed by atoms with E-state index >= 15 is 0 Å². The average molecular weight is 612 g/mol. The second kappa shape index (κ2) is 16.3. The van der Waals surface area contributed by atoms with Gasteiger partial charge < -0.3 is 36.9 Å². The highest BCUT2D eigenvalue weighted by Gasteiger charge is 2.31. The number of amides is 3. The van der Waals surface area contributed by atoms with Crippen LogP contribution in [0.15, 0.2) is 60.8 Å². The Morgan fingerprint density at radius 1 is 0.814 bits per heavy atom. The lowest BCUT2D eigenvalue weighted by Gasteiger charge is -2.25. The number of thioether (sulfide) groups is 1. The Morgan fingerprint density at radius 3 is 2.12 bits per heavy atom. The molecule has 4 atom stereocenters. The van der Waals surface area contributed by atoms with E-state index in [0.717, 1.165) is 16.5 Å². The summed E-state index contributed by atoms with van der Waals surface area (Å²) in [7, 11) is 0. The first-order valence-electron chi connectivity index (χ1n) is 13.8. The maximum absolute atomic E-state index is 13.5. The maximum Gasteiger partial charge on any atom is 0.326 e. The summed E-state index contributed by atoms with van der Waals surface area (Å²) in [5, 5.41) is 27.6. The molecule has 1 aromatic heterocycles. The van der Waals surface area contributed by atoms with Crippen LogP contribution in [0.2, 0.25) is 0 Å². The number of hydrogen-bond acceptors (Lipinski definition) is 7. The van der Waals surface area contributed by atoms with Gasteiger partial charge in [-0.25, -0.2) is 4.79 Å². The molecule has 0 fully saturated rings. The van der Waals surface area contributed by atoms with Gasteiger partial charge in [-0.15, -0.1) is 0 Å². The van der Waals surface area contributed by atoms with Crippen LogP contribution in [-0.2, 0) is 36.8 Å². The lowest BCUT2D eigenvalue weighted by atomic mass is 10.0. The second-order valence-electron chi connectivity index (χ2n) is 10.1. The summed E-state index contributed by atoms with van der Waals surface area (Å²) in [5.41, 5.74) is 8.21. The number of aromatic nitrogens is 1. The number of H-pyrrole nitrogens is 1. The van der Waals surface area contributed by atoms with Crippen molar-refractivity contribution in [3.63, 3.8) is 0 Å². The van der Waals surface area contributed by atoms with E-state index in [2.05, 4.69) is 20.9 Å². The molecule has 2 aromatic carbocycles. The number of carbonyl (C=O) groups excluding carboxylic acids is 3. The van der Waals surface area contributed by atoms with Crippen LogP contribution in [0, 0.1) is 0 Å². The molecule has 1 heterocycles. The van der Waals surface area contributed by atoms with Gasteiger partial charge in [0, 0.05) is 36.4 Å². The Kier molecular flexibility index (Phi) is 12.6. The molecule has 8 N–H and O–H groups in total. The van der Waals surface area contributed by atoms with E-state index in [1.54, 1.807) is 36.5 Å². The quantitative estimate of drug-likeness (QED) is 0.118. The van der Waals surface area contributed by atoms with Crippen LogP contribution < -0.4 is 21.7 Å². The van der Waals surface area contributed by atoms with Gasteiger partial charge in [0.25, 0.3) is 0 Å². The van der Waals surface area contributed by atoms with Crippen molar-refractivity contribution in [2.75, 3.05) is 12.0 Å². The molecule has 0 aliphatic heterocycles. The number of nitrogens with two attached hydrogens (primary N) is 1. The molecule has 0 saturated heterocycles. The zero-order chi connectivity index (χ0) is 31.4. The van der Waals surface area contributed by atoms with E-state index in [4.69, 9.17) is 5.73 Å². The fourth-order valence-electron chi connectivity index (χ4n) is 4.52. The lowest BCUT2D eigenvalue weighted by molar-refractivity contribution is -0.143. The van der Waals surface area contributed by atoms with E-state index in [1.807, 2.05) is 30.5 Å². The third kappa shape index (κ3) is 10.1.